The van der Waals surface area contributed by atoms with Gasteiger partial charge in [0.2, 0.25) is 0 Å². The second-order valence-corrected chi connectivity index (χ2v) is 16.8. The topological polar surface area (TPSA) is 192 Å². The monoisotopic (exact) mass is 816 g/mol. The summed E-state index contributed by atoms with van der Waals surface area (Å²) in [6, 6.07) is 0. The third kappa shape index (κ3) is 27.7. The number of aliphatic hydroxyl groups is 2. The lowest BCUT2D eigenvalue weighted by molar-refractivity contribution is -0.161. The van der Waals surface area contributed by atoms with E-state index in [1.165, 1.54) is 70.6 Å². The quantitative estimate of drug-likeness (QED) is 0.0202. The van der Waals surface area contributed by atoms with E-state index >= 15 is 0 Å². The van der Waals surface area contributed by atoms with Crippen LogP contribution in [0.15, 0.2) is 24.3 Å². The highest BCUT2D eigenvalue weighted by molar-refractivity contribution is 7.47. The maximum absolute atomic E-state index is 12.7. The van der Waals surface area contributed by atoms with Gasteiger partial charge in [-0.2, -0.15) is 0 Å². The van der Waals surface area contributed by atoms with Gasteiger partial charge in [-0.15, -0.1) is 0 Å². The Labute approximate surface area is 338 Å². The van der Waals surface area contributed by atoms with Crippen molar-refractivity contribution in [2.45, 2.75) is 193 Å². The highest BCUT2D eigenvalue weighted by Crippen LogP contribution is 2.43. The number of hydrogen-bond acceptors (Lipinski definition) is 11. The molecule has 1 unspecified atom stereocenters. The van der Waals surface area contributed by atoms with Gasteiger partial charge in [-0.1, -0.05) is 147 Å². The van der Waals surface area contributed by atoms with Crippen molar-refractivity contribution in [3.8, 4) is 0 Å². The van der Waals surface area contributed by atoms with Crippen molar-refractivity contribution in [1.29, 1.82) is 0 Å². The molecule has 1 rings (SSSR count). The van der Waals surface area contributed by atoms with E-state index < -0.39 is 50.6 Å². The summed E-state index contributed by atoms with van der Waals surface area (Å²) in [5.74, 6) is -1.78. The molecule has 12 nitrogen and oxygen atoms in total. The minimum absolute atomic E-state index is 0.0119. The van der Waals surface area contributed by atoms with E-state index in [1.807, 2.05) is 12.2 Å². The molecule has 0 bridgehead atoms. The molecule has 0 amide bonds. The number of Topliss-reactive ketones (excluding diaryl/α,β-unsaturated/α-hetero) is 1. The molecule has 0 heterocycles. The second kappa shape index (κ2) is 34.0. The molecular formula is C43H78NO11P. The minimum Gasteiger partial charge on any atom is -0.462 e. The van der Waals surface area contributed by atoms with Crippen molar-refractivity contribution in [1.82, 2.24) is 0 Å². The number of phosphoric acid groups is 1. The van der Waals surface area contributed by atoms with E-state index in [1.54, 1.807) is 12.2 Å². The van der Waals surface area contributed by atoms with Gasteiger partial charge in [0.25, 0.3) is 0 Å². The SMILES string of the molecule is CCCCCCCCCCCCCCCCCC(=O)OC[C@H](COP(=O)(O)OCCN)OC(=O)CCC/C=C\C[C@H]1[C@@H](O)CC(=O)[C@@H]1/C=C/[C@@H](O)CCCCC. The average Bonchev–Trinajstić information content (AvgIpc) is 3.44. The first-order valence-corrected chi connectivity index (χ1v) is 23.4. The lowest BCUT2D eigenvalue weighted by atomic mass is 9.90. The summed E-state index contributed by atoms with van der Waals surface area (Å²) < 4.78 is 32.7. The van der Waals surface area contributed by atoms with Crippen LogP contribution in [0.1, 0.15) is 174 Å². The predicted octanol–water partition coefficient (Wildman–Crippen LogP) is 8.98. The Balaban J connectivity index is 2.41. The van der Waals surface area contributed by atoms with Gasteiger partial charge in [0, 0.05) is 37.6 Å². The number of unbranched alkanes of at least 4 members (excludes halogenated alkanes) is 17. The lowest BCUT2D eigenvalue weighted by Crippen LogP contribution is -2.29. The molecule has 56 heavy (non-hydrogen) atoms. The molecule has 0 aromatic rings. The van der Waals surface area contributed by atoms with Crippen molar-refractivity contribution in [3.05, 3.63) is 24.3 Å². The summed E-state index contributed by atoms with van der Waals surface area (Å²) in [5.41, 5.74) is 5.34. The largest absolute Gasteiger partial charge is 0.472 e. The highest BCUT2D eigenvalue weighted by atomic mass is 31.2. The zero-order valence-corrected chi connectivity index (χ0v) is 35.7. The van der Waals surface area contributed by atoms with Crippen molar-refractivity contribution in [2.75, 3.05) is 26.4 Å². The number of allylic oxidation sites excluding steroid dienone is 3. The van der Waals surface area contributed by atoms with Gasteiger partial charge >= 0.3 is 19.8 Å². The third-order valence-corrected chi connectivity index (χ3v) is 11.2. The summed E-state index contributed by atoms with van der Waals surface area (Å²) >= 11 is 0. The van der Waals surface area contributed by atoms with Gasteiger partial charge in [-0.3, -0.25) is 23.4 Å². The molecule has 1 fully saturated rings. The predicted molar refractivity (Wildman–Crippen MR) is 221 cm³/mol. The van der Waals surface area contributed by atoms with Gasteiger partial charge in [-0.25, -0.2) is 4.57 Å². The van der Waals surface area contributed by atoms with Gasteiger partial charge < -0.3 is 30.3 Å². The minimum atomic E-state index is -4.45. The Hall–Kier alpha value is -1.92. The van der Waals surface area contributed by atoms with E-state index in [0.29, 0.717) is 32.1 Å². The second-order valence-electron chi connectivity index (χ2n) is 15.4. The summed E-state index contributed by atoms with van der Waals surface area (Å²) in [5, 5.41) is 20.7. The maximum Gasteiger partial charge on any atom is 0.472 e. The van der Waals surface area contributed by atoms with Crippen molar-refractivity contribution < 1.29 is 52.6 Å². The molecule has 5 N–H and O–H groups in total. The Kier molecular flexibility index (Phi) is 31.6. The normalized spacial score (nSPS) is 19.5. The number of nitrogens with two attached hydrogens (primary N) is 1. The molecule has 0 aromatic carbocycles. The van der Waals surface area contributed by atoms with Crippen LogP contribution in [0.4, 0.5) is 0 Å². The lowest BCUT2D eigenvalue weighted by Gasteiger charge is -2.19. The maximum atomic E-state index is 12.7. The number of ketones is 1. The summed E-state index contributed by atoms with van der Waals surface area (Å²) in [7, 11) is -4.45. The zero-order valence-electron chi connectivity index (χ0n) is 34.8. The molecule has 6 atom stereocenters. The van der Waals surface area contributed by atoms with E-state index in [0.717, 1.165) is 38.5 Å². The van der Waals surface area contributed by atoms with Crippen LogP contribution in [0.2, 0.25) is 0 Å². The number of aliphatic hydroxyl groups excluding tert-OH is 2. The molecule has 0 aromatic heterocycles. The molecule has 326 valence electrons. The molecule has 13 heteroatoms. The van der Waals surface area contributed by atoms with Gasteiger partial charge in [-0.05, 0) is 32.1 Å². The first kappa shape index (κ1) is 52.1. The van der Waals surface area contributed by atoms with Crippen LogP contribution >= 0.6 is 7.82 Å². The van der Waals surface area contributed by atoms with Crippen LogP contribution < -0.4 is 5.73 Å². The molecular weight excluding hydrogens is 737 g/mol. The first-order chi connectivity index (χ1) is 27.0. The summed E-state index contributed by atoms with van der Waals surface area (Å²) in [6.45, 7) is 3.32. The molecule has 0 saturated heterocycles. The molecule has 0 aliphatic heterocycles. The van der Waals surface area contributed by atoms with Gasteiger partial charge in [0.1, 0.15) is 12.4 Å². The fourth-order valence-corrected chi connectivity index (χ4v) is 7.62. The van der Waals surface area contributed by atoms with Crippen LogP contribution in [0.5, 0.6) is 0 Å². The van der Waals surface area contributed by atoms with E-state index in [4.69, 9.17) is 24.3 Å². The standard InChI is InChI=1S/C43H78NO11P/c1-3-5-7-8-9-10-11-12-13-14-15-16-17-18-23-27-42(48)52-34-37(35-54-56(50,51)53-32-31-44)55-43(49)28-24-20-19-22-26-38-39(41(47)33-40(38)46)30-29-36(45)25-21-6-4-2/h19,22,29-30,36-40,45-46H,3-18,20-21,23-28,31-35,44H2,1-2H3,(H,50,51)/b22-19-,30-29+/t36-,37+,38+,39+,40-/m0/s1. The van der Waals surface area contributed by atoms with Crippen LogP contribution in [0.3, 0.4) is 0 Å². The smallest absolute Gasteiger partial charge is 0.462 e. The van der Waals surface area contributed by atoms with E-state index in [2.05, 4.69) is 13.8 Å². The Bertz CT molecular complexity index is 1130. The van der Waals surface area contributed by atoms with Crippen LogP contribution in [-0.2, 0) is 37.5 Å². The third-order valence-electron chi connectivity index (χ3n) is 10.2. The Morgan fingerprint density at radius 2 is 1.38 bits per heavy atom. The number of esters is 2. The van der Waals surface area contributed by atoms with Crippen molar-refractivity contribution in [3.63, 3.8) is 0 Å². The van der Waals surface area contributed by atoms with Gasteiger partial charge in [0.15, 0.2) is 6.10 Å². The first-order valence-electron chi connectivity index (χ1n) is 21.9. The van der Waals surface area contributed by atoms with Crippen LogP contribution in [0.25, 0.3) is 0 Å². The zero-order chi connectivity index (χ0) is 41.3. The fraction of sp³-hybridized carbons (Fsp3) is 0.837. The number of carbonyl (C=O) groups is 3. The number of rotatable bonds is 37. The van der Waals surface area contributed by atoms with Crippen LogP contribution in [-0.4, -0.2) is 77.5 Å². The van der Waals surface area contributed by atoms with Crippen molar-refractivity contribution in [2.24, 2.45) is 17.6 Å². The van der Waals surface area contributed by atoms with Crippen molar-refractivity contribution >= 4 is 25.5 Å². The Morgan fingerprint density at radius 1 is 0.804 bits per heavy atom. The molecule has 0 radical (unpaired) electrons. The summed E-state index contributed by atoms with van der Waals surface area (Å²) in [6.07, 6.45) is 28.6. The van der Waals surface area contributed by atoms with E-state index in [9.17, 15) is 34.1 Å². The molecule has 0 spiro atoms. The highest BCUT2D eigenvalue weighted by Gasteiger charge is 2.39. The molecule has 1 aliphatic rings. The number of phosphoric ester groups is 1. The van der Waals surface area contributed by atoms with Gasteiger partial charge in [0.05, 0.1) is 25.4 Å². The molecule has 1 saturated carbocycles. The van der Waals surface area contributed by atoms with Crippen LogP contribution in [0, 0.1) is 11.8 Å². The molecule has 1 aliphatic carbocycles. The fourth-order valence-electron chi connectivity index (χ4n) is 6.85. The number of ether oxygens (including phenoxy) is 2. The Morgan fingerprint density at radius 3 is 1.98 bits per heavy atom. The average molecular weight is 816 g/mol. The van der Waals surface area contributed by atoms with E-state index in [-0.39, 0.29) is 50.7 Å². The number of hydrogen-bond donors (Lipinski definition) is 4. The number of carbonyl (C=O) groups excluding carboxylic acids is 3. The summed E-state index contributed by atoms with van der Waals surface area (Å²) in [4.78, 5) is 47.5.